The Morgan fingerprint density at radius 1 is 1.13 bits per heavy atom. The van der Waals surface area contributed by atoms with Gasteiger partial charge in [-0.05, 0) is 17.4 Å². The van der Waals surface area contributed by atoms with E-state index in [2.05, 4.69) is 23.8 Å². The summed E-state index contributed by atoms with van der Waals surface area (Å²) in [5, 5.41) is 0.287. The molecule has 0 bridgehead atoms. The van der Waals surface area contributed by atoms with E-state index in [1.54, 1.807) is 6.20 Å². The minimum Gasteiger partial charge on any atom is -0.452 e. The van der Waals surface area contributed by atoms with Crippen molar-refractivity contribution in [3.8, 4) is 0 Å². The van der Waals surface area contributed by atoms with Gasteiger partial charge in [-0.2, -0.15) is 0 Å². The topological polar surface area (TPSA) is 52.1 Å². The van der Waals surface area contributed by atoms with Gasteiger partial charge in [-0.25, -0.2) is 9.78 Å². The van der Waals surface area contributed by atoms with E-state index in [0.717, 1.165) is 28.7 Å². The zero-order valence-electron chi connectivity index (χ0n) is 13.9. The molecule has 0 amide bonds. The van der Waals surface area contributed by atoms with Gasteiger partial charge in [-0.15, -0.1) is 0 Å². The Kier molecular flexibility index (Phi) is 6.16. The molecule has 122 valence electrons. The average molecular weight is 330 g/mol. The summed E-state index contributed by atoms with van der Waals surface area (Å²) < 4.78 is 5.32. The Morgan fingerprint density at radius 2 is 1.83 bits per heavy atom. The largest absolute Gasteiger partial charge is 0.452 e. The molecule has 0 radical (unpaired) electrons. The predicted octanol–water partition coefficient (Wildman–Crippen LogP) is 5.15. The predicted molar refractivity (Wildman–Crippen MR) is 92.7 cm³/mol. The van der Waals surface area contributed by atoms with Crippen LogP contribution in [0.15, 0.2) is 41.6 Å². The van der Waals surface area contributed by atoms with E-state index in [-0.39, 0.29) is 23.7 Å². The summed E-state index contributed by atoms with van der Waals surface area (Å²) >= 11 is 1.01. The molecule has 1 heterocycles. The summed E-state index contributed by atoms with van der Waals surface area (Å²) in [6, 6.07) is 9.63. The van der Waals surface area contributed by atoms with Crippen molar-refractivity contribution in [1.29, 1.82) is 0 Å². The zero-order chi connectivity index (χ0) is 16.8. The Bertz CT molecular complexity index is 657. The van der Waals surface area contributed by atoms with Crippen LogP contribution >= 0.6 is 11.8 Å². The fourth-order valence-corrected chi connectivity index (χ4v) is 2.79. The monoisotopic (exact) mass is 330 g/mol. The minimum atomic E-state index is -0.356. The first-order valence-electron chi connectivity index (χ1n) is 7.72. The molecule has 0 N–H and O–H groups in total. The van der Waals surface area contributed by atoms with Crippen molar-refractivity contribution in [3.63, 3.8) is 0 Å². The molecule has 0 saturated heterocycles. The lowest BCUT2D eigenvalue weighted by atomic mass is 10.1. The molecule has 1 aromatic carbocycles. The van der Waals surface area contributed by atoms with Gasteiger partial charge in [0, 0.05) is 18.0 Å². The molecule has 0 aliphatic carbocycles. The van der Waals surface area contributed by atoms with Gasteiger partial charge in [0.25, 0.3) is 0 Å². The van der Waals surface area contributed by atoms with Crippen LogP contribution in [-0.2, 0) is 11.3 Å². The number of carbonyl (C=O) groups excluding carboxylic acids is 1. The first kappa shape index (κ1) is 17.5. The van der Waals surface area contributed by atoms with E-state index in [4.69, 9.17) is 4.74 Å². The normalized spacial score (nSPS) is 11.0. The third-order valence-electron chi connectivity index (χ3n) is 3.30. The number of thioether (sulfide) groups is 1. The van der Waals surface area contributed by atoms with Crippen LogP contribution in [0.3, 0.4) is 0 Å². The number of rotatable bonds is 5. The molecule has 0 saturated carbocycles. The van der Waals surface area contributed by atoms with Crippen LogP contribution in [0.4, 0.5) is 4.79 Å². The minimum absolute atomic E-state index is 0.202. The maximum absolute atomic E-state index is 12.1. The average Bonchev–Trinajstić information content (AvgIpc) is 2.53. The number of aromatic nitrogens is 2. The van der Waals surface area contributed by atoms with Crippen molar-refractivity contribution in [2.24, 2.45) is 0 Å². The molecule has 0 atom stereocenters. The number of carbonyl (C=O) groups is 1. The van der Waals surface area contributed by atoms with Crippen molar-refractivity contribution in [3.05, 3.63) is 53.5 Å². The van der Waals surface area contributed by atoms with Crippen molar-refractivity contribution in [2.45, 2.75) is 51.2 Å². The van der Waals surface area contributed by atoms with Crippen LogP contribution in [0.5, 0.6) is 0 Å². The number of nitrogens with zero attached hydrogens (tertiary/aromatic N) is 2. The maximum atomic E-state index is 12.1. The molecule has 0 aliphatic rings. The highest BCUT2D eigenvalue weighted by atomic mass is 32.2. The molecular weight excluding hydrogens is 308 g/mol. The molecule has 0 aliphatic heterocycles. The third kappa shape index (κ3) is 5.06. The highest BCUT2D eigenvalue weighted by Crippen LogP contribution is 2.28. The van der Waals surface area contributed by atoms with Crippen molar-refractivity contribution in [2.75, 3.05) is 0 Å². The van der Waals surface area contributed by atoms with Crippen LogP contribution in [0.1, 0.15) is 56.5 Å². The van der Waals surface area contributed by atoms with Crippen LogP contribution < -0.4 is 0 Å². The van der Waals surface area contributed by atoms with Gasteiger partial charge in [0.2, 0.25) is 0 Å². The zero-order valence-corrected chi connectivity index (χ0v) is 14.8. The van der Waals surface area contributed by atoms with Gasteiger partial charge in [0.05, 0.1) is 11.4 Å². The van der Waals surface area contributed by atoms with Gasteiger partial charge >= 0.3 is 5.30 Å². The van der Waals surface area contributed by atoms with Crippen molar-refractivity contribution >= 4 is 17.1 Å². The van der Waals surface area contributed by atoms with Crippen LogP contribution in [-0.4, -0.2) is 15.3 Å². The SMILES string of the molecule is CC(C)c1cnc(C(C)C)c(SC(=O)OCc2ccccc2)n1. The molecule has 1 aromatic heterocycles. The Morgan fingerprint density at radius 3 is 2.43 bits per heavy atom. The lowest BCUT2D eigenvalue weighted by Gasteiger charge is -2.13. The number of hydrogen-bond acceptors (Lipinski definition) is 5. The molecule has 2 aromatic rings. The summed E-state index contributed by atoms with van der Waals surface area (Å²) in [6.45, 7) is 8.46. The Balaban J connectivity index is 2.08. The quantitative estimate of drug-likeness (QED) is 0.560. The van der Waals surface area contributed by atoms with E-state index in [0.29, 0.717) is 5.03 Å². The first-order chi connectivity index (χ1) is 11.0. The second-order valence-electron chi connectivity index (χ2n) is 5.92. The second kappa shape index (κ2) is 8.11. The van der Waals surface area contributed by atoms with Gasteiger partial charge in [0.15, 0.2) is 0 Å². The lowest BCUT2D eigenvalue weighted by molar-refractivity contribution is 0.168. The standard InChI is InChI=1S/C18H22N2O2S/c1-12(2)15-10-19-16(13(3)4)17(20-15)23-18(21)22-11-14-8-6-5-7-9-14/h5-10,12-13H,11H2,1-4H3. The summed E-state index contributed by atoms with van der Waals surface area (Å²) in [7, 11) is 0. The van der Waals surface area contributed by atoms with Crippen LogP contribution in [0.2, 0.25) is 0 Å². The van der Waals surface area contributed by atoms with E-state index in [1.165, 1.54) is 0 Å². The lowest BCUT2D eigenvalue weighted by Crippen LogP contribution is -2.06. The molecule has 5 heteroatoms. The third-order valence-corrected chi connectivity index (χ3v) is 4.08. The van der Waals surface area contributed by atoms with Gasteiger partial charge < -0.3 is 4.74 Å². The molecule has 4 nitrogen and oxygen atoms in total. The fourth-order valence-electron chi connectivity index (χ4n) is 1.97. The number of ether oxygens (including phenoxy) is 1. The molecule has 23 heavy (non-hydrogen) atoms. The second-order valence-corrected chi connectivity index (χ2v) is 6.85. The molecule has 0 unspecified atom stereocenters. The molecule has 0 spiro atoms. The summed E-state index contributed by atoms with van der Waals surface area (Å²) in [4.78, 5) is 21.2. The highest BCUT2D eigenvalue weighted by molar-refractivity contribution is 8.13. The van der Waals surface area contributed by atoms with E-state index < -0.39 is 0 Å². The fraction of sp³-hybridized carbons (Fsp3) is 0.389. The van der Waals surface area contributed by atoms with Crippen LogP contribution in [0.25, 0.3) is 0 Å². The van der Waals surface area contributed by atoms with Gasteiger partial charge in [-0.3, -0.25) is 4.98 Å². The number of hydrogen-bond donors (Lipinski definition) is 0. The molecule has 2 rings (SSSR count). The smallest absolute Gasteiger partial charge is 0.374 e. The number of benzene rings is 1. The first-order valence-corrected chi connectivity index (χ1v) is 8.54. The Labute approximate surface area is 141 Å². The summed E-state index contributed by atoms with van der Waals surface area (Å²) in [6.07, 6.45) is 1.79. The summed E-state index contributed by atoms with van der Waals surface area (Å²) in [5.41, 5.74) is 2.68. The van der Waals surface area contributed by atoms with Crippen LogP contribution in [0, 0.1) is 0 Å². The highest BCUT2D eigenvalue weighted by Gasteiger charge is 2.17. The molecular formula is C18H22N2O2S. The van der Waals surface area contributed by atoms with Crippen molar-refractivity contribution in [1.82, 2.24) is 9.97 Å². The van der Waals surface area contributed by atoms with Gasteiger partial charge in [-0.1, -0.05) is 58.0 Å². The molecule has 0 fully saturated rings. The van der Waals surface area contributed by atoms with E-state index >= 15 is 0 Å². The maximum Gasteiger partial charge on any atom is 0.374 e. The van der Waals surface area contributed by atoms with E-state index in [9.17, 15) is 4.79 Å². The Hall–Kier alpha value is -1.88. The van der Waals surface area contributed by atoms with Crippen molar-refractivity contribution < 1.29 is 9.53 Å². The van der Waals surface area contributed by atoms with E-state index in [1.807, 2.05) is 44.2 Å². The van der Waals surface area contributed by atoms with Gasteiger partial charge in [0.1, 0.15) is 11.6 Å². The summed E-state index contributed by atoms with van der Waals surface area (Å²) in [5.74, 6) is 0.469.